The van der Waals surface area contributed by atoms with Crippen molar-refractivity contribution in [2.75, 3.05) is 24.5 Å². The van der Waals surface area contributed by atoms with E-state index in [1.54, 1.807) is 31.2 Å². The maximum Gasteiger partial charge on any atom is 0.264 e. The van der Waals surface area contributed by atoms with Crippen LogP contribution in [0.1, 0.15) is 43.7 Å². The third kappa shape index (κ3) is 7.63. The van der Waals surface area contributed by atoms with Crippen LogP contribution in [0.25, 0.3) is 0 Å². The molecule has 0 spiro atoms. The molecule has 3 aromatic carbocycles. The number of sulfonamides is 1. The van der Waals surface area contributed by atoms with Gasteiger partial charge in [0.15, 0.2) is 0 Å². The summed E-state index contributed by atoms with van der Waals surface area (Å²) in [6.07, 6.45) is 4.44. The van der Waals surface area contributed by atoms with Gasteiger partial charge in [-0.15, -0.1) is 0 Å². The average molecular weight is 612 g/mol. The van der Waals surface area contributed by atoms with Gasteiger partial charge in [-0.3, -0.25) is 13.9 Å². The molecule has 10 heteroatoms. The molecule has 8 nitrogen and oxygen atoms in total. The van der Waals surface area contributed by atoms with Crippen molar-refractivity contribution >= 4 is 39.1 Å². The molecule has 1 fully saturated rings. The largest absolute Gasteiger partial charge is 0.495 e. The van der Waals surface area contributed by atoms with Crippen LogP contribution in [0.15, 0.2) is 77.7 Å². The van der Waals surface area contributed by atoms with Gasteiger partial charge < -0.3 is 15.0 Å². The maximum atomic E-state index is 14.1. The molecule has 0 bridgehead atoms. The van der Waals surface area contributed by atoms with Gasteiger partial charge in [-0.25, -0.2) is 8.42 Å². The number of halogens is 1. The number of ether oxygens (including phenoxy) is 1. The lowest BCUT2D eigenvalue weighted by atomic mass is 10.1. The number of hydrogen-bond donors (Lipinski definition) is 1. The van der Waals surface area contributed by atoms with Gasteiger partial charge in [-0.2, -0.15) is 0 Å². The van der Waals surface area contributed by atoms with Crippen molar-refractivity contribution in [3.63, 3.8) is 0 Å². The maximum absolute atomic E-state index is 14.1. The summed E-state index contributed by atoms with van der Waals surface area (Å²) >= 11 is 6.30. The Labute approximate surface area is 253 Å². The van der Waals surface area contributed by atoms with Crippen LogP contribution in [0.5, 0.6) is 5.75 Å². The van der Waals surface area contributed by atoms with Crippen molar-refractivity contribution in [2.24, 2.45) is 0 Å². The first kappa shape index (κ1) is 31.4. The number of nitrogens with one attached hydrogen (secondary N) is 1. The predicted octanol–water partition coefficient (Wildman–Crippen LogP) is 5.37. The highest BCUT2D eigenvalue weighted by atomic mass is 35.5. The third-order valence-corrected chi connectivity index (χ3v) is 9.66. The Morgan fingerprint density at radius 3 is 2.33 bits per heavy atom. The first-order valence-corrected chi connectivity index (χ1v) is 16.0. The average Bonchev–Trinajstić information content (AvgIpc) is 3.49. The van der Waals surface area contributed by atoms with Crippen molar-refractivity contribution in [3.8, 4) is 5.75 Å². The van der Waals surface area contributed by atoms with E-state index in [2.05, 4.69) is 5.32 Å². The molecule has 1 aliphatic carbocycles. The summed E-state index contributed by atoms with van der Waals surface area (Å²) in [7, 11) is -2.81. The number of amides is 2. The first-order valence-electron chi connectivity index (χ1n) is 14.2. The molecule has 4 rings (SSSR count). The lowest BCUT2D eigenvalue weighted by molar-refractivity contribution is -0.139. The third-order valence-electron chi connectivity index (χ3n) is 7.65. The molecule has 0 aliphatic heterocycles. The van der Waals surface area contributed by atoms with Crippen LogP contribution in [-0.2, 0) is 26.0 Å². The van der Waals surface area contributed by atoms with Crippen molar-refractivity contribution in [3.05, 3.63) is 88.9 Å². The lowest BCUT2D eigenvalue weighted by Gasteiger charge is -2.33. The van der Waals surface area contributed by atoms with Crippen LogP contribution in [-0.4, -0.2) is 57.4 Å². The van der Waals surface area contributed by atoms with Crippen LogP contribution in [0.4, 0.5) is 5.69 Å². The van der Waals surface area contributed by atoms with Crippen LogP contribution >= 0.6 is 11.6 Å². The minimum Gasteiger partial charge on any atom is -0.495 e. The highest BCUT2D eigenvalue weighted by Crippen LogP contribution is 2.35. The lowest BCUT2D eigenvalue weighted by Crippen LogP contribution is -2.53. The van der Waals surface area contributed by atoms with Gasteiger partial charge in [0.25, 0.3) is 10.0 Å². The van der Waals surface area contributed by atoms with Gasteiger partial charge in [0, 0.05) is 17.6 Å². The van der Waals surface area contributed by atoms with E-state index in [1.807, 2.05) is 37.3 Å². The number of nitrogens with zero attached hydrogens (tertiary/aromatic N) is 2. The van der Waals surface area contributed by atoms with Gasteiger partial charge in [0.1, 0.15) is 18.3 Å². The number of hydrogen-bond acceptors (Lipinski definition) is 5. The van der Waals surface area contributed by atoms with E-state index in [1.165, 1.54) is 30.2 Å². The Hall–Kier alpha value is -3.56. The molecular weight excluding hydrogens is 574 g/mol. The molecule has 1 aliphatic rings. The summed E-state index contributed by atoms with van der Waals surface area (Å²) in [6.45, 7) is 3.22. The summed E-state index contributed by atoms with van der Waals surface area (Å²) in [5.74, 6) is -0.528. The zero-order valence-corrected chi connectivity index (χ0v) is 25.8. The molecule has 42 heavy (non-hydrogen) atoms. The zero-order chi connectivity index (χ0) is 30.3. The highest BCUT2D eigenvalue weighted by molar-refractivity contribution is 7.92. The fraction of sp³-hybridized carbons (Fsp3) is 0.375. The molecule has 0 heterocycles. The molecule has 0 unspecified atom stereocenters. The molecule has 0 radical (unpaired) electrons. The van der Waals surface area contributed by atoms with Crippen molar-refractivity contribution in [1.29, 1.82) is 0 Å². The van der Waals surface area contributed by atoms with E-state index in [-0.39, 0.29) is 39.8 Å². The normalized spacial score (nSPS) is 14.3. The van der Waals surface area contributed by atoms with E-state index in [9.17, 15) is 18.0 Å². The molecule has 3 aromatic rings. The molecular formula is C32H38ClN3O5S. The fourth-order valence-electron chi connectivity index (χ4n) is 5.17. The monoisotopic (exact) mass is 611 g/mol. The molecule has 1 atom stereocenters. The predicted molar refractivity (Wildman–Crippen MR) is 165 cm³/mol. The molecule has 1 N–H and O–H groups in total. The number of methoxy groups -OCH3 is 1. The Morgan fingerprint density at radius 1 is 1.02 bits per heavy atom. The number of carbonyl (C=O) groups is 2. The first-order chi connectivity index (χ1) is 20.1. The molecule has 0 aromatic heterocycles. The van der Waals surface area contributed by atoms with Gasteiger partial charge >= 0.3 is 0 Å². The second kappa shape index (κ2) is 14.1. The van der Waals surface area contributed by atoms with Crippen LogP contribution in [0.2, 0.25) is 5.02 Å². The van der Waals surface area contributed by atoms with E-state index in [4.69, 9.17) is 16.3 Å². The van der Waals surface area contributed by atoms with E-state index in [0.717, 1.165) is 41.1 Å². The van der Waals surface area contributed by atoms with Gasteiger partial charge in [-0.1, -0.05) is 72.5 Å². The number of benzene rings is 3. The van der Waals surface area contributed by atoms with Crippen LogP contribution < -0.4 is 14.4 Å². The SMILES string of the molecule is COc1ccc(Cl)cc1N(CC(=O)N(CCc1ccccc1)[C@H](C)C(=O)NC1CCCC1)S(=O)(=O)c1ccc(C)cc1. The summed E-state index contributed by atoms with van der Waals surface area (Å²) in [5, 5.41) is 3.37. The smallest absolute Gasteiger partial charge is 0.264 e. The summed E-state index contributed by atoms with van der Waals surface area (Å²) in [6, 6.07) is 19.9. The highest BCUT2D eigenvalue weighted by Gasteiger charge is 2.34. The zero-order valence-electron chi connectivity index (χ0n) is 24.3. The second-order valence-electron chi connectivity index (χ2n) is 10.6. The van der Waals surface area contributed by atoms with E-state index < -0.39 is 28.5 Å². The van der Waals surface area contributed by atoms with Crippen LogP contribution in [0.3, 0.4) is 0 Å². The Morgan fingerprint density at radius 2 is 1.69 bits per heavy atom. The molecule has 0 saturated heterocycles. The number of carbonyl (C=O) groups excluding carboxylic acids is 2. The number of rotatable bonds is 12. The van der Waals surface area contributed by atoms with Crippen LogP contribution in [0, 0.1) is 6.92 Å². The number of aryl methyl sites for hydroxylation is 1. The summed E-state index contributed by atoms with van der Waals surface area (Å²) in [5.41, 5.74) is 2.02. The molecule has 2 amide bonds. The van der Waals surface area contributed by atoms with Gasteiger partial charge in [-0.05, 0) is 69.0 Å². The Balaban J connectivity index is 1.70. The quantitative estimate of drug-likeness (QED) is 0.297. The van der Waals surface area contributed by atoms with Crippen molar-refractivity contribution < 1.29 is 22.7 Å². The van der Waals surface area contributed by atoms with Crippen molar-refractivity contribution in [2.45, 2.75) is 62.9 Å². The molecule has 1 saturated carbocycles. The number of anilines is 1. The Kier molecular flexibility index (Phi) is 10.5. The topological polar surface area (TPSA) is 96.0 Å². The second-order valence-corrected chi connectivity index (χ2v) is 12.9. The minimum absolute atomic E-state index is 0.0192. The summed E-state index contributed by atoms with van der Waals surface area (Å²) < 4.78 is 34.6. The van der Waals surface area contributed by atoms with Gasteiger partial charge in [0.2, 0.25) is 11.8 Å². The van der Waals surface area contributed by atoms with Gasteiger partial charge in [0.05, 0.1) is 17.7 Å². The van der Waals surface area contributed by atoms with Crippen molar-refractivity contribution in [1.82, 2.24) is 10.2 Å². The Bertz CT molecular complexity index is 1480. The van der Waals surface area contributed by atoms with E-state index in [0.29, 0.717) is 6.42 Å². The summed E-state index contributed by atoms with van der Waals surface area (Å²) in [4.78, 5) is 28.9. The minimum atomic E-state index is -4.23. The fourth-order valence-corrected chi connectivity index (χ4v) is 6.75. The van der Waals surface area contributed by atoms with E-state index >= 15 is 0 Å². The molecule has 224 valence electrons. The standard InChI is InChI=1S/C32H38ClN3O5S/c1-23-13-16-28(17-14-23)42(39,40)36(29-21-26(33)15-18-30(29)41-3)22-31(37)35(20-19-25-9-5-4-6-10-25)24(2)32(38)34-27-11-7-8-12-27/h4-6,9-10,13-18,21,24,27H,7-8,11-12,19-20,22H2,1-3H3,(H,34,38)/t24-/m1/s1.